The van der Waals surface area contributed by atoms with Gasteiger partial charge in [-0.05, 0) is 54.9 Å². The van der Waals surface area contributed by atoms with Crippen LogP contribution in [-0.2, 0) is 11.4 Å². The zero-order chi connectivity index (χ0) is 18.4. The lowest BCUT2D eigenvalue weighted by molar-refractivity contribution is -0.122. The van der Waals surface area contributed by atoms with Crippen LogP contribution in [0.3, 0.4) is 0 Å². The Labute approximate surface area is 158 Å². The van der Waals surface area contributed by atoms with Gasteiger partial charge in [-0.2, -0.15) is 0 Å². The molecule has 0 saturated carbocycles. The Kier molecular flexibility index (Phi) is 6.12. The fraction of sp³-hybridized carbons (Fsp3) is 0.238. The average Bonchev–Trinajstić information content (AvgIpc) is 2.97. The molecule has 1 aliphatic heterocycles. The lowest BCUT2D eigenvalue weighted by atomic mass is 10.2. The Morgan fingerprint density at radius 1 is 1.08 bits per heavy atom. The number of hydrogen-bond donors (Lipinski definition) is 0. The van der Waals surface area contributed by atoms with E-state index in [-0.39, 0.29) is 5.91 Å². The quantitative estimate of drug-likeness (QED) is 0.703. The zero-order valence-electron chi connectivity index (χ0n) is 15.0. The molecule has 26 heavy (non-hydrogen) atoms. The maximum atomic E-state index is 12.5. The molecule has 4 nitrogen and oxygen atoms in total. The Morgan fingerprint density at radius 3 is 2.46 bits per heavy atom. The third-order valence-electron chi connectivity index (χ3n) is 3.92. The summed E-state index contributed by atoms with van der Waals surface area (Å²) >= 11 is 1.44. The fourth-order valence-electron chi connectivity index (χ4n) is 2.59. The van der Waals surface area contributed by atoms with Crippen molar-refractivity contribution in [2.75, 3.05) is 13.1 Å². The van der Waals surface area contributed by atoms with Gasteiger partial charge >= 0.3 is 0 Å². The molecule has 0 spiro atoms. The zero-order valence-corrected chi connectivity index (χ0v) is 15.8. The Bertz CT molecular complexity index is 814. The number of benzene rings is 2. The van der Waals surface area contributed by atoms with Gasteiger partial charge in [0, 0.05) is 13.1 Å². The highest BCUT2D eigenvalue weighted by atomic mass is 32.2. The van der Waals surface area contributed by atoms with Crippen molar-refractivity contribution in [1.29, 1.82) is 0 Å². The predicted molar refractivity (Wildman–Crippen MR) is 108 cm³/mol. The molecule has 3 rings (SSSR count). The summed E-state index contributed by atoms with van der Waals surface area (Å²) < 4.78 is 5.80. The molecule has 0 N–H and O–H groups in total. The summed E-state index contributed by atoms with van der Waals surface area (Å²) in [7, 11) is 0. The van der Waals surface area contributed by atoms with Crippen LogP contribution in [0.15, 0.2) is 64.5 Å². The van der Waals surface area contributed by atoms with Gasteiger partial charge in [-0.15, -0.1) is 0 Å². The molecule has 2 aromatic rings. The summed E-state index contributed by atoms with van der Waals surface area (Å²) in [6.45, 7) is 5.78. The number of aliphatic imine (C=N–C) groups is 1. The van der Waals surface area contributed by atoms with E-state index in [2.05, 4.69) is 4.99 Å². The molecule has 0 atom stereocenters. The summed E-state index contributed by atoms with van der Waals surface area (Å²) in [5, 5.41) is 0.786. The van der Waals surface area contributed by atoms with Gasteiger partial charge in [-0.3, -0.25) is 14.7 Å². The summed E-state index contributed by atoms with van der Waals surface area (Å²) in [5.74, 6) is 0.832. The molecule has 0 unspecified atom stereocenters. The highest BCUT2D eigenvalue weighted by Gasteiger charge is 2.31. The number of rotatable bonds is 6. The van der Waals surface area contributed by atoms with Gasteiger partial charge in [-0.25, -0.2) is 0 Å². The Hall–Kier alpha value is -2.53. The molecule has 5 heteroatoms. The monoisotopic (exact) mass is 366 g/mol. The van der Waals surface area contributed by atoms with E-state index < -0.39 is 0 Å². The number of carbonyl (C=O) groups excluding carboxylic acids is 1. The largest absolute Gasteiger partial charge is 0.489 e. The van der Waals surface area contributed by atoms with E-state index >= 15 is 0 Å². The average molecular weight is 366 g/mol. The normalized spacial score (nSPS) is 17.3. The second-order valence-electron chi connectivity index (χ2n) is 5.76. The third-order valence-corrected chi connectivity index (χ3v) is 4.97. The number of likely N-dealkylation sites (N-methyl/N-ethyl adjacent to an activating group) is 1. The Balaban J connectivity index is 1.68. The van der Waals surface area contributed by atoms with Gasteiger partial charge in [0.1, 0.15) is 12.4 Å². The molecule has 0 bridgehead atoms. The number of nitrogens with zero attached hydrogens (tertiary/aromatic N) is 2. The molecule has 0 aliphatic carbocycles. The van der Waals surface area contributed by atoms with Crippen LogP contribution in [-0.4, -0.2) is 29.1 Å². The number of amides is 1. The number of thioether (sulfide) groups is 1. The number of ether oxygens (including phenoxy) is 1. The highest BCUT2D eigenvalue weighted by Crippen LogP contribution is 2.32. The van der Waals surface area contributed by atoms with Crippen LogP contribution in [0.1, 0.15) is 25.0 Å². The fourth-order valence-corrected chi connectivity index (χ4v) is 3.70. The highest BCUT2D eigenvalue weighted by molar-refractivity contribution is 8.18. The molecule has 1 amide bonds. The van der Waals surface area contributed by atoms with Gasteiger partial charge in [0.05, 0.1) is 4.91 Å². The molecule has 1 aliphatic rings. The van der Waals surface area contributed by atoms with Crippen molar-refractivity contribution in [1.82, 2.24) is 4.90 Å². The van der Waals surface area contributed by atoms with Crippen LogP contribution >= 0.6 is 11.8 Å². The summed E-state index contributed by atoms with van der Waals surface area (Å²) in [5.41, 5.74) is 2.11. The van der Waals surface area contributed by atoms with Gasteiger partial charge < -0.3 is 4.74 Å². The van der Waals surface area contributed by atoms with Crippen LogP contribution in [0.4, 0.5) is 0 Å². The van der Waals surface area contributed by atoms with Gasteiger partial charge in [0.15, 0.2) is 5.17 Å². The van der Waals surface area contributed by atoms with E-state index in [9.17, 15) is 4.79 Å². The van der Waals surface area contributed by atoms with Crippen molar-refractivity contribution >= 4 is 28.9 Å². The first kappa shape index (κ1) is 18.3. The molecule has 0 aromatic heterocycles. The standard InChI is InChI=1S/C21H22N2O2S/c1-3-22-21-23(4-2)20(24)19(26-21)14-16-10-12-18(13-11-16)25-15-17-8-6-5-7-9-17/h5-14H,3-4,15H2,1-2H3/b19-14+,22-21?. The molecule has 2 aromatic carbocycles. The second-order valence-corrected chi connectivity index (χ2v) is 6.77. The van der Waals surface area contributed by atoms with Crippen LogP contribution < -0.4 is 4.74 Å². The van der Waals surface area contributed by atoms with Crippen molar-refractivity contribution in [3.05, 3.63) is 70.6 Å². The predicted octanol–water partition coefficient (Wildman–Crippen LogP) is 4.58. The summed E-state index contributed by atoms with van der Waals surface area (Å²) in [4.78, 5) is 19.3. The first-order valence-corrected chi connectivity index (χ1v) is 9.55. The molecular formula is C21H22N2O2S. The molecule has 134 valence electrons. The van der Waals surface area contributed by atoms with Gasteiger partial charge in [-0.1, -0.05) is 42.5 Å². The number of hydrogen-bond acceptors (Lipinski definition) is 4. The van der Waals surface area contributed by atoms with Gasteiger partial charge in [0.2, 0.25) is 0 Å². The molecule has 0 radical (unpaired) electrons. The minimum absolute atomic E-state index is 0.0223. The van der Waals surface area contributed by atoms with E-state index in [1.807, 2.05) is 74.5 Å². The number of carbonyl (C=O) groups is 1. The third kappa shape index (κ3) is 4.35. The van der Waals surface area contributed by atoms with E-state index in [1.165, 1.54) is 11.8 Å². The van der Waals surface area contributed by atoms with Crippen molar-refractivity contribution < 1.29 is 9.53 Å². The SMILES string of the molecule is CCN=C1S/C(=C/c2ccc(OCc3ccccc3)cc2)C(=O)N1CC. The van der Waals surface area contributed by atoms with Crippen LogP contribution in [0.2, 0.25) is 0 Å². The lowest BCUT2D eigenvalue weighted by Crippen LogP contribution is -2.28. The lowest BCUT2D eigenvalue weighted by Gasteiger charge is -2.11. The van der Waals surface area contributed by atoms with Crippen LogP contribution in [0.25, 0.3) is 6.08 Å². The van der Waals surface area contributed by atoms with E-state index in [0.29, 0.717) is 24.6 Å². The van der Waals surface area contributed by atoms with Crippen molar-refractivity contribution in [3.8, 4) is 5.75 Å². The van der Waals surface area contributed by atoms with Crippen LogP contribution in [0, 0.1) is 0 Å². The van der Waals surface area contributed by atoms with Gasteiger partial charge in [0.25, 0.3) is 5.91 Å². The van der Waals surface area contributed by atoms with Crippen molar-refractivity contribution in [2.45, 2.75) is 20.5 Å². The molecular weight excluding hydrogens is 344 g/mol. The summed E-state index contributed by atoms with van der Waals surface area (Å²) in [6, 6.07) is 17.9. The van der Waals surface area contributed by atoms with E-state index in [4.69, 9.17) is 4.74 Å². The first-order valence-electron chi connectivity index (χ1n) is 8.74. The number of amidine groups is 1. The maximum Gasteiger partial charge on any atom is 0.266 e. The van der Waals surface area contributed by atoms with Crippen molar-refractivity contribution in [2.24, 2.45) is 4.99 Å². The minimum atomic E-state index is 0.0223. The van der Waals surface area contributed by atoms with E-state index in [1.54, 1.807) is 4.90 Å². The smallest absolute Gasteiger partial charge is 0.266 e. The van der Waals surface area contributed by atoms with Crippen LogP contribution in [0.5, 0.6) is 5.75 Å². The Morgan fingerprint density at radius 2 is 1.81 bits per heavy atom. The van der Waals surface area contributed by atoms with E-state index in [0.717, 1.165) is 22.0 Å². The molecule has 1 fully saturated rings. The van der Waals surface area contributed by atoms with Crippen molar-refractivity contribution in [3.63, 3.8) is 0 Å². The maximum absolute atomic E-state index is 12.5. The topological polar surface area (TPSA) is 41.9 Å². The molecule has 1 saturated heterocycles. The summed E-state index contributed by atoms with van der Waals surface area (Å²) in [6.07, 6.45) is 1.91. The second kappa shape index (κ2) is 8.72. The molecule has 1 heterocycles. The minimum Gasteiger partial charge on any atom is -0.489 e. The first-order chi connectivity index (χ1) is 12.7.